The molecule has 0 bridgehead atoms. The Hall–Kier alpha value is -2.53. The number of Topliss-reactive ketones (excluding diaryl/α,β-unsaturated/α-hetero) is 1. The number of ketones is 1. The molecule has 1 aromatic heterocycles. The van der Waals surface area contributed by atoms with Gasteiger partial charge in [0.2, 0.25) is 5.91 Å². The Morgan fingerprint density at radius 1 is 1.14 bits per heavy atom. The lowest BCUT2D eigenvalue weighted by Gasteiger charge is -2.07. The number of nitrogens with one attached hydrogen (secondary N) is 2. The van der Waals surface area contributed by atoms with Crippen molar-refractivity contribution < 1.29 is 9.59 Å². The van der Waals surface area contributed by atoms with Crippen LogP contribution in [-0.4, -0.2) is 23.2 Å². The summed E-state index contributed by atoms with van der Waals surface area (Å²) in [6, 6.07) is 12.5. The number of carbonyl (C=O) groups excluding carboxylic acids is 2. The van der Waals surface area contributed by atoms with Gasteiger partial charge in [0.05, 0.1) is 12.2 Å². The Morgan fingerprint density at radius 2 is 2.00 bits per heavy atom. The van der Waals surface area contributed by atoms with Crippen molar-refractivity contribution in [2.75, 3.05) is 11.9 Å². The summed E-state index contributed by atoms with van der Waals surface area (Å²) < 4.78 is 0. The largest absolute Gasteiger partial charge is 0.325 e. The molecular formula is C16H17N3O2. The summed E-state index contributed by atoms with van der Waals surface area (Å²) in [5, 5.41) is 5.77. The van der Waals surface area contributed by atoms with E-state index in [4.69, 9.17) is 0 Å². The minimum atomic E-state index is -0.161. The van der Waals surface area contributed by atoms with E-state index in [1.165, 1.54) is 6.92 Å². The maximum atomic E-state index is 11.8. The molecule has 0 radical (unpaired) electrons. The van der Waals surface area contributed by atoms with Crippen LogP contribution in [0.2, 0.25) is 0 Å². The van der Waals surface area contributed by atoms with Gasteiger partial charge in [-0.15, -0.1) is 0 Å². The third kappa shape index (κ3) is 4.81. The summed E-state index contributed by atoms with van der Waals surface area (Å²) in [5.41, 5.74) is 2.07. The first-order valence-corrected chi connectivity index (χ1v) is 6.66. The number of hydrogen-bond donors (Lipinski definition) is 2. The molecule has 1 aromatic carbocycles. The maximum Gasteiger partial charge on any atom is 0.238 e. The zero-order chi connectivity index (χ0) is 15.1. The smallest absolute Gasteiger partial charge is 0.238 e. The van der Waals surface area contributed by atoms with Crippen molar-refractivity contribution in [3.63, 3.8) is 0 Å². The zero-order valence-corrected chi connectivity index (χ0v) is 11.8. The van der Waals surface area contributed by atoms with E-state index in [1.807, 2.05) is 18.2 Å². The highest BCUT2D eigenvalue weighted by Gasteiger charge is 2.04. The summed E-state index contributed by atoms with van der Waals surface area (Å²) in [7, 11) is 0. The fourth-order valence-electron chi connectivity index (χ4n) is 1.83. The summed E-state index contributed by atoms with van der Waals surface area (Å²) in [4.78, 5) is 27.2. The molecule has 0 saturated heterocycles. The normalized spacial score (nSPS) is 10.1. The number of nitrogens with zero attached hydrogens (tertiary/aromatic N) is 1. The van der Waals surface area contributed by atoms with E-state index in [9.17, 15) is 9.59 Å². The predicted molar refractivity (Wildman–Crippen MR) is 81.0 cm³/mol. The molecule has 2 N–H and O–H groups in total. The monoisotopic (exact) mass is 283 g/mol. The molecule has 0 unspecified atom stereocenters. The SMILES string of the molecule is CC(=O)c1cccc(NC(=O)CNCc2ccccn2)c1. The number of hydrogen-bond acceptors (Lipinski definition) is 4. The quantitative estimate of drug-likeness (QED) is 0.796. The van der Waals surface area contributed by atoms with Crippen LogP contribution in [-0.2, 0) is 11.3 Å². The van der Waals surface area contributed by atoms with Crippen LogP contribution >= 0.6 is 0 Å². The zero-order valence-electron chi connectivity index (χ0n) is 11.8. The van der Waals surface area contributed by atoms with Crippen LogP contribution in [0.3, 0.4) is 0 Å². The van der Waals surface area contributed by atoms with Crippen LogP contribution in [0.15, 0.2) is 48.7 Å². The second-order valence-electron chi connectivity index (χ2n) is 4.61. The highest BCUT2D eigenvalue weighted by Crippen LogP contribution is 2.10. The number of carbonyl (C=O) groups is 2. The fourth-order valence-corrected chi connectivity index (χ4v) is 1.83. The number of amides is 1. The first-order chi connectivity index (χ1) is 10.1. The van der Waals surface area contributed by atoms with Gasteiger partial charge in [-0.1, -0.05) is 18.2 Å². The molecule has 0 aliphatic rings. The third-order valence-corrected chi connectivity index (χ3v) is 2.87. The second-order valence-corrected chi connectivity index (χ2v) is 4.61. The Labute approximate surface area is 123 Å². The van der Waals surface area contributed by atoms with Gasteiger partial charge in [0.25, 0.3) is 0 Å². The molecule has 108 valence electrons. The van der Waals surface area contributed by atoms with E-state index >= 15 is 0 Å². The van der Waals surface area contributed by atoms with Crippen molar-refractivity contribution >= 4 is 17.4 Å². The Balaban J connectivity index is 1.82. The van der Waals surface area contributed by atoms with Crippen molar-refractivity contribution in [2.24, 2.45) is 0 Å². The van der Waals surface area contributed by atoms with Gasteiger partial charge >= 0.3 is 0 Å². The average Bonchev–Trinajstić information content (AvgIpc) is 2.48. The summed E-state index contributed by atoms with van der Waals surface area (Å²) in [5.74, 6) is -0.189. The molecule has 2 rings (SSSR count). The number of benzene rings is 1. The lowest BCUT2D eigenvalue weighted by atomic mass is 10.1. The number of rotatable bonds is 6. The van der Waals surface area contributed by atoms with Gasteiger partial charge in [-0.3, -0.25) is 14.6 Å². The fraction of sp³-hybridized carbons (Fsp3) is 0.188. The maximum absolute atomic E-state index is 11.8. The van der Waals surface area contributed by atoms with Crippen LogP contribution in [0.4, 0.5) is 5.69 Å². The van der Waals surface area contributed by atoms with Crippen molar-refractivity contribution in [3.05, 3.63) is 59.9 Å². The van der Waals surface area contributed by atoms with Gasteiger partial charge in [0.15, 0.2) is 5.78 Å². The Morgan fingerprint density at radius 3 is 2.71 bits per heavy atom. The molecule has 5 heteroatoms. The van der Waals surface area contributed by atoms with E-state index in [0.29, 0.717) is 17.8 Å². The van der Waals surface area contributed by atoms with Crippen molar-refractivity contribution in [3.8, 4) is 0 Å². The molecule has 0 atom stereocenters. The van der Waals surface area contributed by atoms with Crippen molar-refractivity contribution in [2.45, 2.75) is 13.5 Å². The average molecular weight is 283 g/mol. The van der Waals surface area contributed by atoms with Gasteiger partial charge in [0.1, 0.15) is 0 Å². The molecular weight excluding hydrogens is 266 g/mol. The van der Waals surface area contributed by atoms with Crippen LogP contribution in [0, 0.1) is 0 Å². The van der Waals surface area contributed by atoms with Gasteiger partial charge in [-0.2, -0.15) is 0 Å². The van der Waals surface area contributed by atoms with Crippen LogP contribution in [0.1, 0.15) is 23.0 Å². The topological polar surface area (TPSA) is 71.1 Å². The summed E-state index contributed by atoms with van der Waals surface area (Å²) >= 11 is 0. The Kier molecular flexibility index (Phi) is 5.17. The standard InChI is InChI=1S/C16H17N3O2/c1-12(20)13-5-4-7-14(9-13)19-16(21)11-17-10-15-6-2-3-8-18-15/h2-9,17H,10-11H2,1H3,(H,19,21). The molecule has 5 nitrogen and oxygen atoms in total. The first kappa shape index (κ1) is 14.9. The van der Waals surface area contributed by atoms with Gasteiger partial charge in [0, 0.05) is 24.0 Å². The second kappa shape index (κ2) is 7.31. The third-order valence-electron chi connectivity index (χ3n) is 2.87. The van der Waals surface area contributed by atoms with Crippen molar-refractivity contribution in [1.29, 1.82) is 0 Å². The molecule has 0 saturated carbocycles. The molecule has 0 fully saturated rings. The van der Waals surface area contributed by atoms with Crippen LogP contribution in [0.25, 0.3) is 0 Å². The van der Waals surface area contributed by atoms with E-state index in [0.717, 1.165) is 5.69 Å². The lowest BCUT2D eigenvalue weighted by molar-refractivity contribution is -0.115. The van der Waals surface area contributed by atoms with Gasteiger partial charge < -0.3 is 10.6 Å². The molecule has 0 spiro atoms. The molecule has 1 amide bonds. The summed E-state index contributed by atoms with van der Waals surface area (Å²) in [6.45, 7) is 2.21. The predicted octanol–water partition coefficient (Wildman–Crippen LogP) is 2.01. The van der Waals surface area contributed by atoms with E-state index < -0.39 is 0 Å². The van der Waals surface area contributed by atoms with Crippen LogP contribution < -0.4 is 10.6 Å². The highest BCUT2D eigenvalue weighted by molar-refractivity contribution is 5.97. The highest BCUT2D eigenvalue weighted by atomic mass is 16.2. The minimum absolute atomic E-state index is 0.0284. The minimum Gasteiger partial charge on any atom is -0.325 e. The molecule has 0 aliphatic heterocycles. The van der Waals surface area contributed by atoms with E-state index in [2.05, 4.69) is 15.6 Å². The van der Waals surface area contributed by atoms with E-state index in [-0.39, 0.29) is 18.2 Å². The molecule has 2 aromatic rings. The number of pyridine rings is 1. The lowest BCUT2D eigenvalue weighted by Crippen LogP contribution is -2.28. The molecule has 1 heterocycles. The molecule has 0 aliphatic carbocycles. The van der Waals surface area contributed by atoms with E-state index in [1.54, 1.807) is 30.5 Å². The Bertz CT molecular complexity index is 626. The molecule has 21 heavy (non-hydrogen) atoms. The van der Waals surface area contributed by atoms with Gasteiger partial charge in [-0.25, -0.2) is 0 Å². The first-order valence-electron chi connectivity index (χ1n) is 6.66. The van der Waals surface area contributed by atoms with Crippen molar-refractivity contribution in [1.82, 2.24) is 10.3 Å². The van der Waals surface area contributed by atoms with Crippen LogP contribution in [0.5, 0.6) is 0 Å². The number of aromatic nitrogens is 1. The summed E-state index contributed by atoms with van der Waals surface area (Å²) in [6.07, 6.45) is 1.71. The van der Waals surface area contributed by atoms with Gasteiger partial charge in [-0.05, 0) is 31.2 Å². The number of anilines is 1.